The van der Waals surface area contributed by atoms with Gasteiger partial charge in [-0.3, -0.25) is 4.99 Å². The van der Waals surface area contributed by atoms with Gasteiger partial charge in [-0.25, -0.2) is 9.37 Å². The molecule has 1 N–H and O–H groups in total. The van der Waals surface area contributed by atoms with Crippen molar-refractivity contribution in [2.75, 3.05) is 20.1 Å². The number of guanidine groups is 1. The van der Waals surface area contributed by atoms with E-state index < -0.39 is 11.9 Å². The average Bonchev–Trinajstić information content (AvgIpc) is 3.05. The highest BCUT2D eigenvalue weighted by atomic mass is 127. The lowest BCUT2D eigenvalue weighted by atomic mass is 10.2. The van der Waals surface area contributed by atoms with Crippen molar-refractivity contribution in [2.24, 2.45) is 4.99 Å². The molecular formula is C17H21F4IN4S. The van der Waals surface area contributed by atoms with Crippen molar-refractivity contribution < 1.29 is 17.6 Å². The smallest absolute Gasteiger partial charge is 0.357 e. The molecule has 1 aromatic heterocycles. The molecule has 0 aliphatic carbocycles. The third-order valence-electron chi connectivity index (χ3n) is 3.46. The molecule has 0 radical (unpaired) electrons. The number of rotatable bonds is 6. The monoisotopic (exact) mass is 516 g/mol. The molecule has 0 saturated carbocycles. The van der Waals surface area contributed by atoms with Crippen LogP contribution in [0.25, 0.3) is 0 Å². The summed E-state index contributed by atoms with van der Waals surface area (Å²) < 4.78 is 50.7. The maximum Gasteiger partial charge on any atom is 0.434 e. The van der Waals surface area contributed by atoms with E-state index in [2.05, 4.69) is 15.3 Å². The largest absolute Gasteiger partial charge is 0.434 e. The van der Waals surface area contributed by atoms with Crippen molar-refractivity contribution in [2.45, 2.75) is 26.1 Å². The Morgan fingerprint density at radius 1 is 1.26 bits per heavy atom. The van der Waals surface area contributed by atoms with E-state index in [-0.39, 0.29) is 29.8 Å². The first-order chi connectivity index (χ1) is 12.3. The molecule has 0 atom stereocenters. The van der Waals surface area contributed by atoms with Crippen LogP contribution in [0.2, 0.25) is 0 Å². The number of halogens is 5. The van der Waals surface area contributed by atoms with Gasteiger partial charge in [0, 0.05) is 38.5 Å². The van der Waals surface area contributed by atoms with Gasteiger partial charge in [0.05, 0.1) is 5.01 Å². The van der Waals surface area contributed by atoms with Crippen LogP contribution in [0.4, 0.5) is 17.6 Å². The minimum absolute atomic E-state index is 0. The van der Waals surface area contributed by atoms with Crippen LogP contribution in [0.3, 0.4) is 0 Å². The first-order valence-corrected chi connectivity index (χ1v) is 8.93. The predicted molar refractivity (Wildman–Crippen MR) is 110 cm³/mol. The summed E-state index contributed by atoms with van der Waals surface area (Å²) in [7, 11) is 1.84. The molecule has 27 heavy (non-hydrogen) atoms. The Bertz CT molecular complexity index is 731. The summed E-state index contributed by atoms with van der Waals surface area (Å²) in [5.74, 6) is 0.336. The molecule has 0 amide bonds. The molecule has 1 aromatic carbocycles. The van der Waals surface area contributed by atoms with Gasteiger partial charge in [0.2, 0.25) is 0 Å². The number of nitrogens with zero attached hydrogens (tertiary/aromatic N) is 3. The van der Waals surface area contributed by atoms with Crippen molar-refractivity contribution >= 4 is 41.3 Å². The Labute approximate surface area is 176 Å². The molecule has 2 rings (SSSR count). The summed E-state index contributed by atoms with van der Waals surface area (Å²) in [6.45, 7) is 3.43. The molecule has 2 aromatic rings. The van der Waals surface area contributed by atoms with Gasteiger partial charge in [-0.15, -0.1) is 35.3 Å². The molecule has 0 spiro atoms. The summed E-state index contributed by atoms with van der Waals surface area (Å²) in [5.41, 5.74) is 0.0658. The molecule has 0 aliphatic rings. The molecule has 0 saturated heterocycles. The van der Waals surface area contributed by atoms with Crippen molar-refractivity contribution in [1.82, 2.24) is 15.2 Å². The molecule has 150 valence electrons. The number of benzene rings is 1. The minimum atomic E-state index is -4.41. The SMILES string of the molecule is CCNC(=NCCc1nc(C(F)(F)F)cs1)N(C)Cc1ccc(F)cc1.I. The molecule has 0 bridgehead atoms. The van der Waals surface area contributed by atoms with Crippen LogP contribution in [0.15, 0.2) is 34.6 Å². The molecule has 0 unspecified atom stereocenters. The van der Waals surface area contributed by atoms with E-state index in [9.17, 15) is 17.6 Å². The van der Waals surface area contributed by atoms with E-state index in [0.29, 0.717) is 37.0 Å². The number of nitrogens with one attached hydrogen (secondary N) is 1. The number of alkyl halides is 3. The lowest BCUT2D eigenvalue weighted by molar-refractivity contribution is -0.140. The van der Waals surface area contributed by atoms with Crippen molar-refractivity contribution in [3.8, 4) is 0 Å². The number of aliphatic imine (C=N–C) groups is 1. The van der Waals surface area contributed by atoms with Crippen LogP contribution < -0.4 is 5.32 Å². The van der Waals surface area contributed by atoms with E-state index in [4.69, 9.17) is 0 Å². The fraction of sp³-hybridized carbons (Fsp3) is 0.412. The highest BCUT2D eigenvalue weighted by Crippen LogP contribution is 2.30. The molecule has 10 heteroatoms. The average molecular weight is 516 g/mol. The number of hydrogen-bond acceptors (Lipinski definition) is 3. The van der Waals surface area contributed by atoms with Crippen LogP contribution >= 0.6 is 35.3 Å². The maximum absolute atomic E-state index is 13.0. The first kappa shape index (κ1) is 23.6. The number of thiazole rings is 1. The summed E-state index contributed by atoms with van der Waals surface area (Å²) in [6, 6.07) is 6.19. The van der Waals surface area contributed by atoms with Gasteiger partial charge >= 0.3 is 6.18 Å². The second-order valence-corrected chi connectivity index (χ2v) is 6.54. The van der Waals surface area contributed by atoms with Gasteiger partial charge in [0.1, 0.15) is 5.82 Å². The fourth-order valence-electron chi connectivity index (χ4n) is 2.22. The molecule has 1 heterocycles. The molecule has 0 aliphatic heterocycles. The van der Waals surface area contributed by atoms with E-state index in [1.807, 2.05) is 18.9 Å². The van der Waals surface area contributed by atoms with Gasteiger partial charge in [0.15, 0.2) is 11.7 Å². The number of aromatic nitrogens is 1. The zero-order chi connectivity index (χ0) is 19.2. The van der Waals surface area contributed by atoms with Gasteiger partial charge in [0.25, 0.3) is 0 Å². The molecule has 4 nitrogen and oxygen atoms in total. The van der Waals surface area contributed by atoms with E-state index in [1.54, 1.807) is 12.1 Å². The van der Waals surface area contributed by atoms with E-state index in [0.717, 1.165) is 22.3 Å². The lowest BCUT2D eigenvalue weighted by Crippen LogP contribution is -2.38. The zero-order valence-electron chi connectivity index (χ0n) is 14.9. The minimum Gasteiger partial charge on any atom is -0.357 e. The topological polar surface area (TPSA) is 40.5 Å². The highest BCUT2D eigenvalue weighted by Gasteiger charge is 2.33. The predicted octanol–water partition coefficient (Wildman–Crippen LogP) is 4.56. The van der Waals surface area contributed by atoms with E-state index in [1.165, 1.54) is 12.1 Å². The van der Waals surface area contributed by atoms with Crippen LogP contribution in [0, 0.1) is 5.82 Å². The van der Waals surface area contributed by atoms with Gasteiger partial charge < -0.3 is 10.2 Å². The van der Waals surface area contributed by atoms with Gasteiger partial charge in [-0.05, 0) is 24.6 Å². The second kappa shape index (κ2) is 10.8. The van der Waals surface area contributed by atoms with E-state index >= 15 is 0 Å². The maximum atomic E-state index is 13.0. The van der Waals surface area contributed by atoms with Gasteiger partial charge in [-0.1, -0.05) is 12.1 Å². The summed E-state index contributed by atoms with van der Waals surface area (Å²) >= 11 is 0.984. The third kappa shape index (κ3) is 7.60. The first-order valence-electron chi connectivity index (χ1n) is 8.05. The van der Waals surface area contributed by atoms with Crippen LogP contribution in [-0.4, -0.2) is 36.0 Å². The number of hydrogen-bond donors (Lipinski definition) is 1. The van der Waals surface area contributed by atoms with Crippen molar-refractivity contribution in [1.29, 1.82) is 0 Å². The Balaban J connectivity index is 0.00000364. The summed E-state index contributed by atoms with van der Waals surface area (Å²) in [6.07, 6.45) is -4.08. The zero-order valence-corrected chi connectivity index (χ0v) is 18.0. The van der Waals surface area contributed by atoms with Gasteiger partial charge in [-0.2, -0.15) is 13.2 Å². The Morgan fingerprint density at radius 3 is 2.48 bits per heavy atom. The van der Waals surface area contributed by atoms with Crippen LogP contribution in [0.1, 0.15) is 23.2 Å². The molecular weight excluding hydrogens is 495 g/mol. The lowest BCUT2D eigenvalue weighted by Gasteiger charge is -2.22. The standard InChI is InChI=1S/C17H20F4N4S.HI/c1-3-22-16(25(2)10-12-4-6-13(18)7-5-12)23-9-8-15-24-14(11-26-15)17(19,20)21;/h4-7,11H,3,8-10H2,1-2H3,(H,22,23);1H. The summed E-state index contributed by atoms with van der Waals surface area (Å²) in [4.78, 5) is 9.91. The van der Waals surface area contributed by atoms with Crippen molar-refractivity contribution in [3.63, 3.8) is 0 Å². The quantitative estimate of drug-likeness (QED) is 0.265. The van der Waals surface area contributed by atoms with Crippen LogP contribution in [0.5, 0.6) is 0 Å². The fourth-order valence-corrected chi connectivity index (χ4v) is 3.02. The third-order valence-corrected chi connectivity index (χ3v) is 4.37. The Morgan fingerprint density at radius 2 is 1.93 bits per heavy atom. The summed E-state index contributed by atoms with van der Waals surface area (Å²) in [5, 5.41) is 4.55. The highest BCUT2D eigenvalue weighted by molar-refractivity contribution is 14.0. The second-order valence-electron chi connectivity index (χ2n) is 5.59. The van der Waals surface area contributed by atoms with Crippen LogP contribution in [-0.2, 0) is 19.1 Å². The normalized spacial score (nSPS) is 11.9. The molecule has 0 fully saturated rings. The van der Waals surface area contributed by atoms with Crippen molar-refractivity contribution in [3.05, 3.63) is 51.7 Å². The Hall–Kier alpha value is -1.43. The Kier molecular flexibility index (Phi) is 9.43.